The highest BCUT2D eigenvalue weighted by atomic mass is 16.4. The van der Waals surface area contributed by atoms with E-state index in [1.807, 2.05) is 0 Å². The van der Waals surface area contributed by atoms with Crippen molar-refractivity contribution in [3.63, 3.8) is 0 Å². The van der Waals surface area contributed by atoms with Crippen molar-refractivity contribution in [1.82, 2.24) is 0 Å². The van der Waals surface area contributed by atoms with E-state index >= 15 is 0 Å². The maximum Gasteiger partial charge on any atom is 0.238 e. The predicted octanol–water partition coefficient (Wildman–Crippen LogP) is 1.10. The van der Waals surface area contributed by atoms with Gasteiger partial charge in [0.15, 0.2) is 17.3 Å². The van der Waals surface area contributed by atoms with E-state index in [0.29, 0.717) is 5.56 Å². The van der Waals surface area contributed by atoms with Crippen molar-refractivity contribution in [1.29, 1.82) is 0 Å². The van der Waals surface area contributed by atoms with Gasteiger partial charge in [-0.2, -0.15) is 0 Å². The molecule has 1 aliphatic rings. The molecule has 8 nitrogen and oxygen atoms in total. The van der Waals surface area contributed by atoms with Crippen molar-refractivity contribution in [2.24, 2.45) is 0 Å². The number of aromatic hydroxyl groups is 4. The second-order valence-corrected chi connectivity index (χ2v) is 6.23. The number of fused-ring (bicyclic) bond motifs is 1. The van der Waals surface area contributed by atoms with Gasteiger partial charge in [-0.3, -0.25) is 4.79 Å². The summed E-state index contributed by atoms with van der Waals surface area (Å²) in [5.74, 6) is -2.93. The monoisotopic (exact) mass is 358 g/mol. The van der Waals surface area contributed by atoms with Crippen LogP contribution in [0.5, 0.6) is 23.0 Å². The topological polar surface area (TPSA) is 152 Å². The normalized spacial score (nSPS) is 21.8. The molecule has 4 rings (SSSR count). The van der Waals surface area contributed by atoms with Crippen LogP contribution in [0.1, 0.15) is 11.5 Å². The minimum absolute atomic E-state index is 0.0586. The fourth-order valence-corrected chi connectivity index (χ4v) is 3.04. The van der Waals surface area contributed by atoms with Crippen molar-refractivity contribution in [3.8, 4) is 34.3 Å². The molecule has 26 heavy (non-hydrogen) atoms. The maximum absolute atomic E-state index is 12.4. The summed E-state index contributed by atoms with van der Waals surface area (Å²) < 4.78 is 5.56. The number of phenols is 3. The van der Waals surface area contributed by atoms with Crippen LogP contribution in [0, 0.1) is 0 Å². The quantitative estimate of drug-likeness (QED) is 0.373. The summed E-state index contributed by atoms with van der Waals surface area (Å²) in [7, 11) is 0. The van der Waals surface area contributed by atoms with E-state index in [0.717, 1.165) is 6.07 Å². The van der Waals surface area contributed by atoms with Gasteiger partial charge in [0.25, 0.3) is 0 Å². The van der Waals surface area contributed by atoms with Crippen molar-refractivity contribution < 1.29 is 35.1 Å². The highest BCUT2D eigenvalue weighted by Gasteiger charge is 2.49. The van der Waals surface area contributed by atoms with Gasteiger partial charge < -0.3 is 35.1 Å². The van der Waals surface area contributed by atoms with Gasteiger partial charge in [0.2, 0.25) is 11.2 Å². The first kappa shape index (κ1) is 16.2. The van der Waals surface area contributed by atoms with Crippen LogP contribution in [-0.4, -0.2) is 42.8 Å². The Bertz CT molecular complexity index is 1090. The fraction of sp³-hybridized carbons (Fsp3) is 0.167. The van der Waals surface area contributed by atoms with E-state index in [-0.39, 0.29) is 28.0 Å². The van der Waals surface area contributed by atoms with Crippen LogP contribution in [0.2, 0.25) is 0 Å². The van der Waals surface area contributed by atoms with E-state index in [2.05, 4.69) is 0 Å². The summed E-state index contributed by atoms with van der Waals surface area (Å²) in [6.45, 7) is 0. The zero-order chi connectivity index (χ0) is 18.7. The molecule has 2 aromatic carbocycles. The van der Waals surface area contributed by atoms with Gasteiger partial charge in [0, 0.05) is 11.5 Å². The third-order valence-electron chi connectivity index (χ3n) is 4.54. The average molecular weight is 358 g/mol. The Morgan fingerprint density at radius 1 is 0.846 bits per heavy atom. The molecule has 0 spiro atoms. The minimum atomic E-state index is -0.968. The summed E-state index contributed by atoms with van der Waals surface area (Å²) >= 11 is 0. The van der Waals surface area contributed by atoms with Gasteiger partial charge in [-0.15, -0.1) is 0 Å². The van der Waals surface area contributed by atoms with Gasteiger partial charge in [0.1, 0.15) is 16.7 Å². The van der Waals surface area contributed by atoms with Gasteiger partial charge in [-0.05, 0) is 35.9 Å². The second-order valence-electron chi connectivity index (χ2n) is 6.23. The molecule has 2 atom stereocenters. The molecular weight excluding hydrogens is 344 g/mol. The van der Waals surface area contributed by atoms with E-state index in [1.165, 1.54) is 24.3 Å². The molecule has 134 valence electrons. The average Bonchev–Trinajstić information content (AvgIpc) is 3.19. The van der Waals surface area contributed by atoms with Crippen molar-refractivity contribution in [3.05, 3.63) is 46.1 Å². The second kappa shape index (κ2) is 5.38. The van der Waals surface area contributed by atoms with E-state index in [9.17, 15) is 35.4 Å². The van der Waals surface area contributed by atoms with Gasteiger partial charge in [-0.25, -0.2) is 0 Å². The molecule has 0 radical (unpaired) electrons. The van der Waals surface area contributed by atoms with Crippen molar-refractivity contribution >= 4 is 11.0 Å². The standard InChI is InChI=1S/C18H14O8/c19-8-2-1-6(3-9(8)20)18-17(25)16(24)13-10(21)4-7(5-11(13)26-18)12-14(22)15(12)23/h1-5,12,14-15,19-23,25H. The Morgan fingerprint density at radius 3 is 2.15 bits per heavy atom. The first-order valence-corrected chi connectivity index (χ1v) is 7.70. The van der Waals surface area contributed by atoms with Crippen LogP contribution in [0.4, 0.5) is 0 Å². The first-order valence-electron chi connectivity index (χ1n) is 7.70. The van der Waals surface area contributed by atoms with Crippen LogP contribution in [0.25, 0.3) is 22.3 Å². The van der Waals surface area contributed by atoms with Crippen LogP contribution in [0.15, 0.2) is 39.5 Å². The molecule has 0 amide bonds. The molecular formula is C18H14O8. The van der Waals surface area contributed by atoms with E-state index < -0.39 is 40.8 Å². The first-order chi connectivity index (χ1) is 12.3. The Kier molecular flexibility index (Phi) is 3.36. The smallest absolute Gasteiger partial charge is 0.238 e. The lowest BCUT2D eigenvalue weighted by molar-refractivity contribution is 0.180. The van der Waals surface area contributed by atoms with Crippen molar-refractivity contribution in [2.75, 3.05) is 0 Å². The number of hydrogen-bond acceptors (Lipinski definition) is 8. The number of aliphatic hydroxyl groups excluding tert-OH is 2. The minimum Gasteiger partial charge on any atom is -0.507 e. The molecule has 1 aromatic heterocycles. The Balaban J connectivity index is 1.96. The number of benzene rings is 2. The molecule has 1 saturated carbocycles. The Labute approximate surface area is 145 Å². The summed E-state index contributed by atoms with van der Waals surface area (Å²) in [5, 5.41) is 58.2. The summed E-state index contributed by atoms with van der Waals surface area (Å²) in [5.41, 5.74) is -0.428. The SMILES string of the molecule is O=c1c(O)c(-c2ccc(O)c(O)c2)oc2cc(C3C(O)C3O)cc(O)c12. The summed E-state index contributed by atoms with van der Waals surface area (Å²) in [6.07, 6.45) is -1.94. The number of rotatable bonds is 2. The van der Waals surface area contributed by atoms with Crippen LogP contribution in [-0.2, 0) is 0 Å². The highest BCUT2D eigenvalue weighted by molar-refractivity contribution is 5.88. The fourth-order valence-electron chi connectivity index (χ4n) is 3.04. The maximum atomic E-state index is 12.4. The Morgan fingerprint density at radius 2 is 1.54 bits per heavy atom. The third-order valence-corrected chi connectivity index (χ3v) is 4.54. The van der Waals surface area contributed by atoms with Gasteiger partial charge >= 0.3 is 0 Å². The number of hydrogen-bond donors (Lipinski definition) is 6. The lowest BCUT2D eigenvalue weighted by atomic mass is 10.0. The molecule has 0 bridgehead atoms. The number of aliphatic hydroxyl groups is 2. The molecule has 0 saturated heterocycles. The Hall–Kier alpha value is -3.23. The molecule has 8 heteroatoms. The largest absolute Gasteiger partial charge is 0.507 e. The van der Waals surface area contributed by atoms with Crippen LogP contribution in [0.3, 0.4) is 0 Å². The lowest BCUT2D eigenvalue weighted by Gasteiger charge is -2.09. The number of phenolic OH excluding ortho intramolecular Hbond substituents is 3. The summed E-state index contributed by atoms with van der Waals surface area (Å²) in [4.78, 5) is 12.4. The highest BCUT2D eigenvalue weighted by Crippen LogP contribution is 2.44. The molecule has 2 unspecified atom stereocenters. The summed E-state index contributed by atoms with van der Waals surface area (Å²) in [6, 6.07) is 6.23. The lowest BCUT2D eigenvalue weighted by Crippen LogP contribution is -2.04. The molecule has 1 heterocycles. The van der Waals surface area contributed by atoms with E-state index in [1.54, 1.807) is 0 Å². The molecule has 0 aliphatic heterocycles. The van der Waals surface area contributed by atoms with Gasteiger partial charge in [-0.1, -0.05) is 0 Å². The molecule has 1 fully saturated rings. The molecule has 3 aromatic rings. The molecule has 1 aliphatic carbocycles. The van der Waals surface area contributed by atoms with Crippen molar-refractivity contribution in [2.45, 2.75) is 18.1 Å². The van der Waals surface area contributed by atoms with Gasteiger partial charge in [0.05, 0.1) is 12.2 Å². The van der Waals surface area contributed by atoms with E-state index in [4.69, 9.17) is 4.42 Å². The van der Waals surface area contributed by atoms with Crippen LogP contribution >= 0.6 is 0 Å². The molecule has 6 N–H and O–H groups in total. The zero-order valence-electron chi connectivity index (χ0n) is 13.1. The third kappa shape index (κ3) is 2.27. The zero-order valence-corrected chi connectivity index (χ0v) is 13.1. The van der Waals surface area contributed by atoms with Crippen LogP contribution < -0.4 is 5.43 Å². The predicted molar refractivity (Wildman–Crippen MR) is 89.3 cm³/mol.